The molecule has 2 N–H and O–H groups in total. The van der Waals surface area contributed by atoms with Crippen LogP contribution in [0.4, 0.5) is 8.78 Å². The Labute approximate surface area is 134 Å². The Morgan fingerprint density at radius 2 is 2.09 bits per heavy atom. The van der Waals surface area contributed by atoms with Gasteiger partial charge in [-0.3, -0.25) is 0 Å². The number of alkyl halides is 2. The minimum atomic E-state index is -3.63. The molecule has 2 rings (SSSR count). The van der Waals surface area contributed by atoms with Crippen molar-refractivity contribution in [2.75, 3.05) is 6.61 Å². The second kappa shape index (κ2) is 7.37. The smallest absolute Gasteiger partial charge is 0.387 e. The third kappa shape index (κ3) is 4.73. The van der Waals surface area contributed by atoms with E-state index in [0.717, 1.165) is 5.56 Å². The van der Waals surface area contributed by atoms with E-state index in [9.17, 15) is 17.2 Å². The molecule has 0 spiro atoms. The van der Waals surface area contributed by atoms with Gasteiger partial charge in [0.05, 0.1) is 4.91 Å². The van der Waals surface area contributed by atoms with E-state index in [0.29, 0.717) is 18.4 Å². The SMILES string of the molecule is C[C@H](CCO)NS(=O)(=O)C1=Cc2ccc(OC(F)F)cc2CC1. The summed E-state index contributed by atoms with van der Waals surface area (Å²) in [6, 6.07) is 4.09. The Morgan fingerprint density at radius 1 is 1.35 bits per heavy atom. The summed E-state index contributed by atoms with van der Waals surface area (Å²) in [6.45, 7) is -1.31. The van der Waals surface area contributed by atoms with Gasteiger partial charge < -0.3 is 9.84 Å². The van der Waals surface area contributed by atoms with Crippen molar-refractivity contribution in [3.8, 4) is 5.75 Å². The maximum Gasteiger partial charge on any atom is 0.387 e. The summed E-state index contributed by atoms with van der Waals surface area (Å²) in [5.41, 5.74) is 1.44. The largest absolute Gasteiger partial charge is 0.435 e. The number of allylic oxidation sites excluding steroid dienone is 1. The quantitative estimate of drug-likeness (QED) is 0.793. The summed E-state index contributed by atoms with van der Waals surface area (Å²) < 4.78 is 55.9. The van der Waals surface area contributed by atoms with Gasteiger partial charge in [-0.05, 0) is 55.5 Å². The molecule has 0 aliphatic heterocycles. The summed E-state index contributed by atoms with van der Waals surface area (Å²) >= 11 is 0. The molecule has 1 atom stereocenters. The second-order valence-electron chi connectivity index (χ2n) is 5.38. The molecule has 0 amide bonds. The number of aliphatic hydroxyl groups excluding tert-OH is 1. The number of ether oxygens (including phenoxy) is 1. The van der Waals surface area contributed by atoms with E-state index in [1.54, 1.807) is 19.1 Å². The van der Waals surface area contributed by atoms with Crippen LogP contribution in [-0.2, 0) is 16.4 Å². The number of rotatable bonds is 7. The number of hydrogen-bond acceptors (Lipinski definition) is 4. The first-order valence-electron chi connectivity index (χ1n) is 7.23. The van der Waals surface area contributed by atoms with Gasteiger partial charge in [0.25, 0.3) is 0 Å². The van der Waals surface area contributed by atoms with Crippen LogP contribution in [0.2, 0.25) is 0 Å². The summed E-state index contributed by atoms with van der Waals surface area (Å²) in [5.74, 6) is 0.0631. The normalized spacial score (nSPS) is 16.0. The van der Waals surface area contributed by atoms with Crippen LogP contribution >= 0.6 is 0 Å². The summed E-state index contributed by atoms with van der Waals surface area (Å²) in [7, 11) is -3.63. The lowest BCUT2D eigenvalue weighted by Gasteiger charge is -2.20. The molecular formula is C15H19F2NO4S. The molecule has 1 aromatic rings. The highest BCUT2D eigenvalue weighted by Crippen LogP contribution is 2.30. The van der Waals surface area contributed by atoms with E-state index in [2.05, 4.69) is 9.46 Å². The van der Waals surface area contributed by atoms with Crippen molar-refractivity contribution in [1.29, 1.82) is 0 Å². The molecule has 0 fully saturated rings. The van der Waals surface area contributed by atoms with Gasteiger partial charge in [-0.2, -0.15) is 8.78 Å². The number of aryl methyl sites for hydroxylation is 1. The van der Waals surface area contributed by atoms with Crippen molar-refractivity contribution in [3.05, 3.63) is 34.2 Å². The summed E-state index contributed by atoms with van der Waals surface area (Å²) in [5, 5.41) is 8.85. The number of halogens is 2. The van der Waals surface area contributed by atoms with Crippen molar-refractivity contribution >= 4 is 16.1 Å². The van der Waals surface area contributed by atoms with Crippen molar-refractivity contribution in [3.63, 3.8) is 0 Å². The van der Waals surface area contributed by atoms with E-state index in [1.807, 2.05) is 0 Å². The third-order valence-corrected chi connectivity index (χ3v) is 5.29. The highest BCUT2D eigenvalue weighted by Gasteiger charge is 2.23. The zero-order valence-electron chi connectivity index (χ0n) is 12.6. The fraction of sp³-hybridized carbons (Fsp3) is 0.467. The molecule has 128 valence electrons. The molecule has 8 heteroatoms. The van der Waals surface area contributed by atoms with Crippen LogP contribution in [0.15, 0.2) is 23.1 Å². The highest BCUT2D eigenvalue weighted by atomic mass is 32.2. The molecule has 0 saturated carbocycles. The zero-order chi connectivity index (χ0) is 17.0. The Morgan fingerprint density at radius 3 is 2.74 bits per heavy atom. The van der Waals surface area contributed by atoms with E-state index < -0.39 is 16.6 Å². The van der Waals surface area contributed by atoms with E-state index in [1.165, 1.54) is 12.1 Å². The maximum atomic E-state index is 12.3. The van der Waals surface area contributed by atoms with Gasteiger partial charge in [0.1, 0.15) is 5.75 Å². The van der Waals surface area contributed by atoms with Gasteiger partial charge in [0.2, 0.25) is 10.0 Å². The average Bonchev–Trinajstić information content (AvgIpc) is 2.45. The standard InChI is InChI=1S/C15H19F2NO4S/c1-10(6-7-19)18-23(20,21)14-5-3-11-8-13(22-15(16)17)4-2-12(11)9-14/h2,4,8-10,15,18-19H,3,5-7H2,1H3/t10-/m1/s1. The van der Waals surface area contributed by atoms with Crippen molar-refractivity contribution in [2.24, 2.45) is 0 Å². The van der Waals surface area contributed by atoms with Gasteiger partial charge in [-0.25, -0.2) is 13.1 Å². The van der Waals surface area contributed by atoms with Gasteiger partial charge in [0, 0.05) is 12.6 Å². The molecule has 0 saturated heterocycles. The summed E-state index contributed by atoms with van der Waals surface area (Å²) in [6.07, 6.45) is 2.58. The highest BCUT2D eigenvalue weighted by molar-refractivity contribution is 7.93. The predicted molar refractivity (Wildman–Crippen MR) is 82.6 cm³/mol. The van der Waals surface area contributed by atoms with Gasteiger partial charge in [0.15, 0.2) is 0 Å². The number of hydrogen-bond donors (Lipinski definition) is 2. The molecular weight excluding hydrogens is 328 g/mol. The number of aliphatic hydroxyl groups is 1. The van der Waals surface area contributed by atoms with Crippen molar-refractivity contribution < 1.29 is 27.0 Å². The fourth-order valence-corrected chi connectivity index (χ4v) is 3.88. The molecule has 5 nitrogen and oxygen atoms in total. The first-order chi connectivity index (χ1) is 10.8. The first-order valence-corrected chi connectivity index (χ1v) is 8.71. The molecule has 0 aromatic heterocycles. The van der Waals surface area contributed by atoms with E-state index in [-0.39, 0.29) is 29.7 Å². The van der Waals surface area contributed by atoms with E-state index in [4.69, 9.17) is 5.11 Å². The lowest BCUT2D eigenvalue weighted by molar-refractivity contribution is -0.0498. The van der Waals surface area contributed by atoms with Crippen LogP contribution in [0, 0.1) is 0 Å². The lowest BCUT2D eigenvalue weighted by Crippen LogP contribution is -2.34. The lowest BCUT2D eigenvalue weighted by atomic mass is 9.97. The van der Waals surface area contributed by atoms with Crippen LogP contribution in [0.3, 0.4) is 0 Å². The van der Waals surface area contributed by atoms with Crippen molar-refractivity contribution in [2.45, 2.75) is 38.8 Å². The molecule has 1 aromatic carbocycles. The first kappa shape index (κ1) is 17.8. The fourth-order valence-electron chi connectivity index (χ4n) is 2.42. The topological polar surface area (TPSA) is 75.6 Å². The molecule has 23 heavy (non-hydrogen) atoms. The molecule has 1 aliphatic carbocycles. The Bertz CT molecular complexity index is 689. The van der Waals surface area contributed by atoms with E-state index >= 15 is 0 Å². The predicted octanol–water partition coefficient (Wildman–Crippen LogP) is 2.27. The molecule has 0 heterocycles. The summed E-state index contributed by atoms with van der Waals surface area (Å²) in [4.78, 5) is 0.248. The number of nitrogens with one attached hydrogen (secondary N) is 1. The number of fused-ring (bicyclic) bond motifs is 1. The number of benzene rings is 1. The monoisotopic (exact) mass is 347 g/mol. The van der Waals surface area contributed by atoms with Crippen LogP contribution in [0.25, 0.3) is 6.08 Å². The molecule has 0 unspecified atom stereocenters. The molecule has 1 aliphatic rings. The van der Waals surface area contributed by atoms with Gasteiger partial charge in [-0.1, -0.05) is 6.07 Å². The number of sulfonamides is 1. The average molecular weight is 347 g/mol. The van der Waals surface area contributed by atoms with Gasteiger partial charge in [-0.15, -0.1) is 0 Å². The second-order valence-corrected chi connectivity index (χ2v) is 7.15. The Hall–Kier alpha value is -1.51. The van der Waals surface area contributed by atoms with Gasteiger partial charge >= 0.3 is 6.61 Å². The van der Waals surface area contributed by atoms with Crippen LogP contribution in [0.1, 0.15) is 30.9 Å². The van der Waals surface area contributed by atoms with Crippen molar-refractivity contribution in [1.82, 2.24) is 4.72 Å². The minimum Gasteiger partial charge on any atom is -0.435 e. The zero-order valence-corrected chi connectivity index (χ0v) is 13.4. The third-order valence-electron chi connectivity index (χ3n) is 3.56. The van der Waals surface area contributed by atoms with Crippen LogP contribution in [0.5, 0.6) is 5.75 Å². The van der Waals surface area contributed by atoms with Crippen LogP contribution in [-0.4, -0.2) is 32.8 Å². The maximum absolute atomic E-state index is 12.3. The molecule has 0 bridgehead atoms. The molecule has 0 radical (unpaired) electrons. The van der Waals surface area contributed by atoms with Crippen LogP contribution < -0.4 is 9.46 Å². The minimum absolute atomic E-state index is 0.0631. The Balaban J connectivity index is 2.20. The Kier molecular flexibility index (Phi) is 5.72.